The van der Waals surface area contributed by atoms with Crippen LogP contribution in [0.2, 0.25) is 0 Å². The Labute approximate surface area is 152 Å². The maximum absolute atomic E-state index is 10.6. The lowest BCUT2D eigenvalue weighted by Crippen LogP contribution is -2.28. The number of hydrogen-bond acceptors (Lipinski definition) is 8. The third kappa shape index (κ3) is 6.96. The smallest absolute Gasteiger partial charge is 0.449 e. The highest BCUT2D eigenvalue weighted by Crippen LogP contribution is 2.17. The van der Waals surface area contributed by atoms with Gasteiger partial charge in [-0.2, -0.15) is 0 Å². The molecule has 0 aliphatic heterocycles. The molecule has 142 valence electrons. The van der Waals surface area contributed by atoms with Crippen molar-refractivity contribution in [2.75, 3.05) is 0 Å². The highest BCUT2D eigenvalue weighted by atomic mass is 32.2. The fraction of sp³-hybridized carbons (Fsp3) is 0. The first kappa shape index (κ1) is 21.3. The number of rotatable bonds is 1. The van der Waals surface area contributed by atoms with E-state index in [-0.39, 0.29) is 0 Å². The first-order chi connectivity index (χ1) is 12.6. The molecule has 0 atom stereocenters. The molecular formula is C16H12O10S. The second-order valence-corrected chi connectivity index (χ2v) is 6.14. The molecule has 27 heavy (non-hydrogen) atoms. The van der Waals surface area contributed by atoms with Gasteiger partial charge in [-0.15, -0.1) is 0 Å². The van der Waals surface area contributed by atoms with Crippen molar-refractivity contribution in [3.05, 3.63) is 60.7 Å². The summed E-state index contributed by atoms with van der Waals surface area (Å²) in [5, 5.41) is 10.8. The zero-order chi connectivity index (χ0) is 20.4. The minimum absolute atomic E-state index is 1.28. The van der Waals surface area contributed by atoms with Crippen LogP contribution in [0.4, 0.5) is 19.2 Å². The molecule has 2 aromatic carbocycles. The molecule has 0 fully saturated rings. The molecule has 0 bridgehead atoms. The van der Waals surface area contributed by atoms with Gasteiger partial charge >= 0.3 is 32.8 Å². The predicted molar refractivity (Wildman–Crippen MR) is 89.8 cm³/mol. The van der Waals surface area contributed by atoms with Crippen LogP contribution in [0.25, 0.3) is 11.1 Å². The second kappa shape index (κ2) is 9.68. The monoisotopic (exact) mass is 396 g/mol. The molecule has 2 rings (SSSR count). The average Bonchev–Trinajstić information content (AvgIpc) is 2.62. The van der Waals surface area contributed by atoms with Crippen molar-refractivity contribution in [1.82, 2.24) is 0 Å². The van der Waals surface area contributed by atoms with Crippen LogP contribution in [0.3, 0.4) is 0 Å². The van der Waals surface area contributed by atoms with Crippen molar-refractivity contribution in [2.45, 2.75) is 0 Å². The van der Waals surface area contributed by atoms with Crippen LogP contribution in [0.5, 0.6) is 0 Å². The van der Waals surface area contributed by atoms with Crippen LogP contribution in [0.15, 0.2) is 60.7 Å². The summed E-state index contributed by atoms with van der Waals surface area (Å²) in [5.74, 6) is 0. The molecular weight excluding hydrogens is 384 g/mol. The van der Waals surface area contributed by atoms with E-state index in [0.29, 0.717) is 0 Å². The molecule has 0 saturated heterocycles. The predicted octanol–water partition coefficient (Wildman–Crippen LogP) is 3.38. The van der Waals surface area contributed by atoms with Crippen molar-refractivity contribution in [2.24, 2.45) is 0 Å². The largest absolute Gasteiger partial charge is 0.514 e. The highest BCUT2D eigenvalue weighted by molar-refractivity contribution is 8.18. The standard InChI is InChI=1S/C12H10.C4H2O10S/c1-3-7-11(8-4-1)12-9-5-2-6-10-12;5-1(6)13-3(9)15(11,12)4(10)14-2(7)8/h1-10H;(H,5,6)(H,7,8). The van der Waals surface area contributed by atoms with Crippen LogP contribution >= 0.6 is 0 Å². The molecule has 2 aromatic rings. The van der Waals surface area contributed by atoms with Crippen molar-refractivity contribution >= 4 is 32.8 Å². The molecule has 0 spiro atoms. The topological polar surface area (TPSA) is 161 Å². The molecule has 0 saturated carbocycles. The molecule has 0 heterocycles. The summed E-state index contributed by atoms with van der Waals surface area (Å²) in [4.78, 5) is 40.3. The van der Waals surface area contributed by atoms with Crippen LogP contribution in [0.1, 0.15) is 0 Å². The minimum atomic E-state index is -5.41. The Balaban J connectivity index is 0.000000274. The van der Waals surface area contributed by atoms with Crippen LogP contribution in [-0.4, -0.2) is 41.5 Å². The van der Waals surface area contributed by atoms with E-state index in [4.69, 9.17) is 10.2 Å². The van der Waals surface area contributed by atoms with Gasteiger partial charge in [-0.3, -0.25) is 0 Å². The van der Waals surface area contributed by atoms with Gasteiger partial charge in [-0.05, 0) is 11.1 Å². The first-order valence-corrected chi connectivity index (χ1v) is 8.38. The number of sulfone groups is 1. The number of carboxylic acid groups (broad SMARTS) is 2. The van der Waals surface area contributed by atoms with E-state index in [9.17, 15) is 27.6 Å². The maximum Gasteiger partial charge on any atom is 0.514 e. The normalized spacial score (nSPS) is 9.93. The summed E-state index contributed by atoms with van der Waals surface area (Å²) in [6.45, 7) is 0. The Morgan fingerprint density at radius 3 is 1.19 bits per heavy atom. The number of carbonyl (C=O) groups excluding carboxylic acids is 2. The first-order valence-electron chi connectivity index (χ1n) is 6.89. The highest BCUT2D eigenvalue weighted by Gasteiger charge is 2.38. The second-order valence-electron chi connectivity index (χ2n) is 4.47. The van der Waals surface area contributed by atoms with E-state index in [0.717, 1.165) is 0 Å². The Morgan fingerprint density at radius 1 is 0.630 bits per heavy atom. The zero-order valence-corrected chi connectivity index (χ0v) is 14.2. The molecule has 0 aliphatic carbocycles. The molecule has 10 nitrogen and oxygen atoms in total. The average molecular weight is 396 g/mol. The van der Waals surface area contributed by atoms with Gasteiger partial charge in [0.15, 0.2) is 0 Å². The van der Waals surface area contributed by atoms with E-state index in [1.807, 2.05) is 12.1 Å². The Morgan fingerprint density at radius 2 is 0.926 bits per heavy atom. The number of benzene rings is 2. The van der Waals surface area contributed by atoms with E-state index < -0.39 is 32.8 Å². The van der Waals surface area contributed by atoms with Gasteiger partial charge in [-0.25, -0.2) is 27.6 Å². The number of hydrogen-bond donors (Lipinski definition) is 2. The van der Waals surface area contributed by atoms with Gasteiger partial charge in [0.25, 0.3) is 0 Å². The molecule has 0 aliphatic rings. The lowest BCUT2D eigenvalue weighted by Gasteiger charge is -1.98. The molecule has 0 unspecified atom stereocenters. The lowest BCUT2D eigenvalue weighted by atomic mass is 10.1. The number of ether oxygens (including phenoxy) is 2. The van der Waals surface area contributed by atoms with E-state index in [1.165, 1.54) is 11.1 Å². The van der Waals surface area contributed by atoms with Gasteiger partial charge < -0.3 is 19.7 Å². The molecule has 0 amide bonds. The SMILES string of the molecule is O=C(O)OC(=O)S(=O)(=O)C(=O)OC(=O)O.c1ccc(-c2ccccc2)cc1. The van der Waals surface area contributed by atoms with Gasteiger partial charge in [-0.1, -0.05) is 60.7 Å². The summed E-state index contributed by atoms with van der Waals surface area (Å²) in [6.07, 6.45) is -4.54. The third-order valence-corrected chi connectivity index (χ3v) is 3.71. The minimum Gasteiger partial charge on any atom is -0.449 e. The molecule has 0 radical (unpaired) electrons. The summed E-state index contributed by atoms with van der Waals surface area (Å²) >= 11 is 0. The van der Waals surface area contributed by atoms with Crippen LogP contribution < -0.4 is 0 Å². The van der Waals surface area contributed by atoms with Crippen molar-refractivity contribution in [3.8, 4) is 11.1 Å². The van der Waals surface area contributed by atoms with E-state index in [2.05, 4.69) is 58.0 Å². The summed E-state index contributed by atoms with van der Waals surface area (Å²) in [7, 11) is -5.41. The van der Waals surface area contributed by atoms with E-state index >= 15 is 0 Å². The van der Waals surface area contributed by atoms with Crippen LogP contribution in [0, 0.1) is 0 Å². The molecule has 0 aromatic heterocycles. The van der Waals surface area contributed by atoms with Crippen LogP contribution in [-0.2, 0) is 19.3 Å². The Bertz CT molecular complexity index is 849. The van der Waals surface area contributed by atoms with Crippen molar-refractivity contribution in [3.63, 3.8) is 0 Å². The summed E-state index contributed by atoms with van der Waals surface area (Å²) in [6, 6.07) is 20.8. The number of carbonyl (C=O) groups is 4. The van der Waals surface area contributed by atoms with Crippen molar-refractivity contribution < 1.29 is 47.3 Å². The maximum atomic E-state index is 10.6. The summed E-state index contributed by atoms with van der Waals surface area (Å²) < 4.78 is 27.5. The van der Waals surface area contributed by atoms with Gasteiger partial charge in [0.05, 0.1) is 0 Å². The Kier molecular flexibility index (Phi) is 7.64. The van der Waals surface area contributed by atoms with Crippen molar-refractivity contribution in [1.29, 1.82) is 0 Å². The fourth-order valence-corrected chi connectivity index (χ4v) is 2.08. The lowest BCUT2D eigenvalue weighted by molar-refractivity contribution is 0.119. The quantitative estimate of drug-likeness (QED) is 0.540. The fourth-order valence-electron chi connectivity index (χ4n) is 1.58. The van der Waals surface area contributed by atoms with E-state index in [1.54, 1.807) is 0 Å². The Hall–Kier alpha value is -3.73. The van der Waals surface area contributed by atoms with Gasteiger partial charge in [0.2, 0.25) is 0 Å². The van der Waals surface area contributed by atoms with Gasteiger partial charge in [0.1, 0.15) is 0 Å². The zero-order valence-electron chi connectivity index (χ0n) is 13.3. The third-order valence-electron chi connectivity index (χ3n) is 2.66. The summed E-state index contributed by atoms with van der Waals surface area (Å²) in [5.41, 5.74) is 2.55. The van der Waals surface area contributed by atoms with Gasteiger partial charge in [0, 0.05) is 0 Å². The molecule has 2 N–H and O–H groups in total. The molecule has 11 heteroatoms.